The highest BCUT2D eigenvalue weighted by Crippen LogP contribution is 2.16. The molecule has 0 saturated heterocycles. The van der Waals surface area contributed by atoms with Crippen molar-refractivity contribution in [1.82, 2.24) is 9.55 Å². The number of fused-ring (bicyclic) bond motifs is 1. The van der Waals surface area contributed by atoms with Gasteiger partial charge in [0.2, 0.25) is 0 Å². The average Bonchev–Trinajstić information content (AvgIpc) is 2.51. The number of aromatic nitrogens is 2. The molecule has 0 radical (unpaired) electrons. The first kappa shape index (κ1) is 14.8. The van der Waals surface area contributed by atoms with Gasteiger partial charge in [0.1, 0.15) is 5.75 Å². The summed E-state index contributed by atoms with van der Waals surface area (Å²) in [6, 6.07) is 12.6. The zero-order valence-electron chi connectivity index (χ0n) is 11.8. The molecule has 0 amide bonds. The van der Waals surface area contributed by atoms with Gasteiger partial charge in [0, 0.05) is 5.02 Å². The lowest BCUT2D eigenvalue weighted by atomic mass is 10.2. The Kier molecular flexibility index (Phi) is 4.00. The summed E-state index contributed by atoms with van der Waals surface area (Å²) in [5, 5.41) is 1.12. The van der Waals surface area contributed by atoms with Crippen LogP contribution in [0.25, 0.3) is 10.9 Å². The monoisotopic (exact) mass is 332 g/mol. The molecule has 3 aromatic rings. The number of aromatic amines is 1. The molecule has 22 heavy (non-hydrogen) atoms. The molecule has 1 N–H and O–H groups in total. The van der Waals surface area contributed by atoms with Gasteiger partial charge in [0.25, 0.3) is 5.56 Å². The molecular weight excluding hydrogens is 320 g/mol. The summed E-state index contributed by atoms with van der Waals surface area (Å²) in [5.41, 5.74) is 1.48. The molecule has 0 atom stereocenters. The van der Waals surface area contributed by atoms with E-state index in [1.807, 2.05) is 24.3 Å². The van der Waals surface area contributed by atoms with Gasteiger partial charge in [-0.2, -0.15) is 0 Å². The summed E-state index contributed by atoms with van der Waals surface area (Å²) >= 11 is 11.2. The SMILES string of the molecule is COc1ccc(Cn2c(=S)[nH]c3cc(Cl)ccc3c2=O)cc1. The van der Waals surface area contributed by atoms with Gasteiger partial charge in [-0.1, -0.05) is 23.7 Å². The van der Waals surface area contributed by atoms with Gasteiger partial charge in [-0.3, -0.25) is 9.36 Å². The molecule has 0 unspecified atom stereocenters. The molecule has 0 saturated carbocycles. The van der Waals surface area contributed by atoms with Crippen LogP contribution >= 0.6 is 23.8 Å². The number of halogens is 1. The summed E-state index contributed by atoms with van der Waals surface area (Å²) in [5.74, 6) is 0.773. The molecule has 3 rings (SSSR count). The average molecular weight is 333 g/mol. The summed E-state index contributed by atoms with van der Waals surface area (Å²) in [6.45, 7) is 0.400. The molecule has 2 aromatic carbocycles. The first-order chi connectivity index (χ1) is 10.6. The predicted octanol–water partition coefficient (Wildman–Crippen LogP) is 3.77. The Morgan fingerprint density at radius 2 is 1.95 bits per heavy atom. The third kappa shape index (κ3) is 2.77. The van der Waals surface area contributed by atoms with Crippen molar-refractivity contribution in [3.63, 3.8) is 0 Å². The highest BCUT2D eigenvalue weighted by molar-refractivity contribution is 7.71. The van der Waals surface area contributed by atoms with Crippen LogP contribution in [0, 0.1) is 4.77 Å². The number of rotatable bonds is 3. The Labute approximate surface area is 136 Å². The first-order valence-corrected chi connectivity index (χ1v) is 7.42. The van der Waals surface area contributed by atoms with Crippen LogP contribution in [0.2, 0.25) is 5.02 Å². The number of nitrogens with zero attached hydrogens (tertiary/aromatic N) is 1. The van der Waals surface area contributed by atoms with E-state index in [1.165, 1.54) is 4.57 Å². The maximum Gasteiger partial charge on any atom is 0.262 e. The minimum absolute atomic E-state index is 0.133. The second kappa shape index (κ2) is 5.94. The van der Waals surface area contributed by atoms with Crippen LogP contribution in [-0.2, 0) is 6.54 Å². The van der Waals surface area contributed by atoms with Crippen molar-refractivity contribution < 1.29 is 4.74 Å². The fourth-order valence-electron chi connectivity index (χ4n) is 2.28. The molecule has 6 heteroatoms. The van der Waals surface area contributed by atoms with Crippen LogP contribution in [0.3, 0.4) is 0 Å². The van der Waals surface area contributed by atoms with Gasteiger partial charge in [-0.15, -0.1) is 0 Å². The van der Waals surface area contributed by atoms with E-state index in [2.05, 4.69) is 4.98 Å². The Hall–Kier alpha value is -2.11. The molecule has 0 aliphatic rings. The zero-order chi connectivity index (χ0) is 15.7. The normalized spacial score (nSPS) is 10.8. The van der Waals surface area contributed by atoms with Gasteiger partial charge in [0.15, 0.2) is 4.77 Å². The lowest BCUT2D eigenvalue weighted by Gasteiger charge is -2.09. The van der Waals surface area contributed by atoms with Gasteiger partial charge in [-0.25, -0.2) is 0 Å². The number of H-pyrrole nitrogens is 1. The molecule has 0 bridgehead atoms. The second-order valence-electron chi connectivity index (χ2n) is 4.86. The lowest BCUT2D eigenvalue weighted by Crippen LogP contribution is -2.22. The number of benzene rings is 2. The van der Waals surface area contributed by atoms with Crippen LogP contribution in [0.15, 0.2) is 47.3 Å². The quantitative estimate of drug-likeness (QED) is 0.743. The van der Waals surface area contributed by atoms with Gasteiger partial charge in [-0.05, 0) is 48.1 Å². The zero-order valence-corrected chi connectivity index (χ0v) is 13.4. The number of nitrogens with one attached hydrogen (secondary N) is 1. The Morgan fingerprint density at radius 1 is 1.23 bits per heavy atom. The smallest absolute Gasteiger partial charge is 0.262 e. The van der Waals surface area contributed by atoms with Gasteiger partial charge < -0.3 is 9.72 Å². The molecule has 0 spiro atoms. The van der Waals surface area contributed by atoms with Crippen LogP contribution in [0.5, 0.6) is 5.75 Å². The van der Waals surface area contributed by atoms with E-state index >= 15 is 0 Å². The third-order valence-corrected chi connectivity index (χ3v) is 4.00. The molecule has 1 heterocycles. The molecule has 0 aliphatic carbocycles. The molecule has 4 nitrogen and oxygen atoms in total. The molecule has 0 fully saturated rings. The van der Waals surface area contributed by atoms with Crippen molar-refractivity contribution >= 4 is 34.7 Å². The first-order valence-electron chi connectivity index (χ1n) is 6.64. The highest BCUT2D eigenvalue weighted by atomic mass is 35.5. The van der Waals surface area contributed by atoms with E-state index in [0.29, 0.717) is 27.2 Å². The summed E-state index contributed by atoms with van der Waals surface area (Å²) in [7, 11) is 1.62. The summed E-state index contributed by atoms with van der Waals surface area (Å²) < 4.78 is 7.03. The summed E-state index contributed by atoms with van der Waals surface area (Å²) in [4.78, 5) is 15.6. The van der Waals surface area contributed by atoms with Crippen LogP contribution in [0.1, 0.15) is 5.56 Å². The number of hydrogen-bond acceptors (Lipinski definition) is 3. The molecule has 1 aromatic heterocycles. The third-order valence-electron chi connectivity index (χ3n) is 3.44. The van der Waals surface area contributed by atoms with E-state index in [0.717, 1.165) is 11.3 Å². The lowest BCUT2D eigenvalue weighted by molar-refractivity contribution is 0.414. The molecule has 0 aliphatic heterocycles. The van der Waals surface area contributed by atoms with Crippen molar-refractivity contribution in [1.29, 1.82) is 0 Å². The molecular formula is C16H13ClN2O2S. The van der Waals surface area contributed by atoms with Gasteiger partial charge in [0.05, 0.1) is 24.6 Å². The maximum atomic E-state index is 12.6. The highest BCUT2D eigenvalue weighted by Gasteiger charge is 2.07. The van der Waals surface area contributed by atoms with Crippen molar-refractivity contribution in [2.24, 2.45) is 0 Å². The molecule has 112 valence electrons. The number of ether oxygens (including phenoxy) is 1. The van der Waals surface area contributed by atoms with Crippen molar-refractivity contribution in [3.05, 3.63) is 68.2 Å². The van der Waals surface area contributed by atoms with E-state index < -0.39 is 0 Å². The van der Waals surface area contributed by atoms with E-state index in [4.69, 9.17) is 28.6 Å². The number of methoxy groups -OCH3 is 1. The maximum absolute atomic E-state index is 12.6. The minimum Gasteiger partial charge on any atom is -0.497 e. The van der Waals surface area contributed by atoms with E-state index in [9.17, 15) is 4.79 Å². The topological polar surface area (TPSA) is 47.0 Å². The van der Waals surface area contributed by atoms with E-state index in [1.54, 1.807) is 25.3 Å². The standard InChI is InChI=1S/C16H13ClN2O2S/c1-21-12-5-2-10(3-6-12)9-19-15(20)13-7-4-11(17)8-14(13)18-16(19)22/h2-8H,9H2,1H3,(H,18,22). The second-order valence-corrected chi connectivity index (χ2v) is 5.68. The van der Waals surface area contributed by atoms with Crippen LogP contribution in [0.4, 0.5) is 0 Å². The van der Waals surface area contributed by atoms with Crippen molar-refractivity contribution in [3.8, 4) is 5.75 Å². The summed E-state index contributed by atoms with van der Waals surface area (Å²) in [6.07, 6.45) is 0. The number of hydrogen-bond donors (Lipinski definition) is 1. The Morgan fingerprint density at radius 3 is 2.64 bits per heavy atom. The fraction of sp³-hybridized carbons (Fsp3) is 0.125. The fourth-order valence-corrected chi connectivity index (χ4v) is 2.71. The van der Waals surface area contributed by atoms with E-state index in [-0.39, 0.29) is 5.56 Å². The Bertz CT molecular complexity index is 945. The Balaban J connectivity index is 2.08. The van der Waals surface area contributed by atoms with Crippen LogP contribution < -0.4 is 10.3 Å². The van der Waals surface area contributed by atoms with Crippen LogP contribution in [-0.4, -0.2) is 16.7 Å². The van der Waals surface area contributed by atoms with Gasteiger partial charge >= 0.3 is 0 Å². The largest absolute Gasteiger partial charge is 0.497 e. The van der Waals surface area contributed by atoms with Crippen molar-refractivity contribution in [2.75, 3.05) is 7.11 Å². The van der Waals surface area contributed by atoms with Crippen molar-refractivity contribution in [2.45, 2.75) is 6.54 Å². The minimum atomic E-state index is -0.133. The predicted molar refractivity (Wildman–Crippen MR) is 90.5 cm³/mol.